The zero-order valence-corrected chi connectivity index (χ0v) is 13.9. The number of likely N-dealkylation sites (tertiary alicyclic amines) is 1. The second-order valence-corrected chi connectivity index (χ2v) is 7.14. The molecule has 1 aromatic rings. The van der Waals surface area contributed by atoms with Gasteiger partial charge in [-0.1, -0.05) is 35.2 Å². The molecule has 1 saturated carbocycles. The van der Waals surface area contributed by atoms with Crippen LogP contribution in [0.25, 0.3) is 0 Å². The molecule has 0 amide bonds. The molecule has 2 aliphatic rings. The van der Waals surface area contributed by atoms with E-state index >= 15 is 0 Å². The molecule has 3 heteroatoms. The fourth-order valence-electron chi connectivity index (χ4n) is 3.86. The third-order valence-electron chi connectivity index (χ3n) is 5.02. The summed E-state index contributed by atoms with van der Waals surface area (Å²) in [6, 6.07) is 6.28. The predicted octanol–water partition coefficient (Wildman–Crippen LogP) is 4.47. The lowest BCUT2D eigenvalue weighted by atomic mass is 9.75. The summed E-state index contributed by atoms with van der Waals surface area (Å²) in [4.78, 5) is 2.63. The van der Waals surface area contributed by atoms with Crippen LogP contribution in [0.2, 0.25) is 0 Å². The summed E-state index contributed by atoms with van der Waals surface area (Å²) in [7, 11) is 1.74. The maximum atomic E-state index is 5.35. The zero-order chi connectivity index (χ0) is 13.9. The molecule has 2 atom stereocenters. The number of piperidine rings is 1. The smallest absolute Gasteiger partial charge is 0.119 e. The van der Waals surface area contributed by atoms with Gasteiger partial charge in [0, 0.05) is 17.6 Å². The Labute approximate surface area is 130 Å². The molecule has 0 N–H and O–H groups in total. The second kappa shape index (κ2) is 6.48. The Morgan fingerprint density at radius 3 is 2.80 bits per heavy atom. The number of methoxy groups -OCH3 is 1. The van der Waals surface area contributed by atoms with Crippen LogP contribution in [0.1, 0.15) is 37.7 Å². The number of hydrogen-bond donors (Lipinski definition) is 0. The molecule has 0 aromatic heterocycles. The van der Waals surface area contributed by atoms with Gasteiger partial charge in [0.05, 0.1) is 7.11 Å². The van der Waals surface area contributed by atoms with Crippen LogP contribution in [0.15, 0.2) is 22.7 Å². The van der Waals surface area contributed by atoms with Crippen molar-refractivity contribution in [1.29, 1.82) is 0 Å². The number of rotatable bonds is 3. The van der Waals surface area contributed by atoms with E-state index in [-0.39, 0.29) is 0 Å². The van der Waals surface area contributed by atoms with E-state index in [0.29, 0.717) is 0 Å². The first kappa shape index (κ1) is 14.4. The quantitative estimate of drug-likeness (QED) is 0.806. The first-order valence-electron chi connectivity index (χ1n) is 7.81. The maximum Gasteiger partial charge on any atom is 0.119 e. The largest absolute Gasteiger partial charge is 0.497 e. The number of hydrogen-bond acceptors (Lipinski definition) is 2. The number of fused-ring (bicyclic) bond motifs is 1. The van der Waals surface area contributed by atoms with Crippen LogP contribution in [0.5, 0.6) is 5.75 Å². The summed E-state index contributed by atoms with van der Waals surface area (Å²) >= 11 is 3.67. The van der Waals surface area contributed by atoms with Gasteiger partial charge in [-0.05, 0) is 55.0 Å². The highest BCUT2D eigenvalue weighted by Gasteiger charge is 2.31. The summed E-state index contributed by atoms with van der Waals surface area (Å²) in [5, 5.41) is 0. The van der Waals surface area contributed by atoms with Crippen LogP contribution < -0.4 is 4.74 Å². The van der Waals surface area contributed by atoms with Crippen molar-refractivity contribution >= 4 is 15.9 Å². The Balaban J connectivity index is 1.66. The molecule has 2 nitrogen and oxygen atoms in total. The molecule has 3 rings (SSSR count). The van der Waals surface area contributed by atoms with Crippen LogP contribution in [0.3, 0.4) is 0 Å². The van der Waals surface area contributed by atoms with E-state index in [2.05, 4.69) is 33.0 Å². The van der Waals surface area contributed by atoms with Crippen LogP contribution in [0.4, 0.5) is 0 Å². The van der Waals surface area contributed by atoms with E-state index in [1.807, 2.05) is 6.07 Å². The van der Waals surface area contributed by atoms with E-state index in [4.69, 9.17) is 4.74 Å². The molecule has 1 saturated heterocycles. The van der Waals surface area contributed by atoms with E-state index in [1.165, 1.54) is 55.2 Å². The van der Waals surface area contributed by atoms with Crippen LogP contribution in [-0.2, 0) is 6.54 Å². The molecule has 1 heterocycles. The van der Waals surface area contributed by atoms with Crippen molar-refractivity contribution in [3.05, 3.63) is 28.2 Å². The topological polar surface area (TPSA) is 12.5 Å². The SMILES string of the molecule is COc1ccc(Br)c(CN2CCC3CCCCC3C2)c1. The van der Waals surface area contributed by atoms with Crippen molar-refractivity contribution in [2.24, 2.45) is 11.8 Å². The average molecular weight is 338 g/mol. The first-order valence-corrected chi connectivity index (χ1v) is 8.60. The van der Waals surface area contributed by atoms with Gasteiger partial charge < -0.3 is 4.74 Å². The molecule has 1 aromatic carbocycles. The van der Waals surface area contributed by atoms with Crippen molar-refractivity contribution in [3.8, 4) is 5.75 Å². The van der Waals surface area contributed by atoms with Crippen LogP contribution >= 0.6 is 15.9 Å². The average Bonchev–Trinajstić information content (AvgIpc) is 2.49. The Kier molecular flexibility index (Phi) is 4.67. The Morgan fingerprint density at radius 2 is 2.00 bits per heavy atom. The number of benzene rings is 1. The van der Waals surface area contributed by atoms with Gasteiger partial charge in [-0.3, -0.25) is 4.90 Å². The lowest BCUT2D eigenvalue weighted by molar-refractivity contribution is 0.0819. The Morgan fingerprint density at radius 1 is 1.20 bits per heavy atom. The monoisotopic (exact) mass is 337 g/mol. The molecule has 2 unspecified atom stereocenters. The minimum Gasteiger partial charge on any atom is -0.497 e. The van der Waals surface area contributed by atoms with Gasteiger partial charge in [0.2, 0.25) is 0 Å². The zero-order valence-electron chi connectivity index (χ0n) is 12.3. The molecule has 0 radical (unpaired) electrons. The standard InChI is InChI=1S/C17H24BrNO/c1-20-16-6-7-17(18)15(10-16)12-19-9-8-13-4-2-3-5-14(13)11-19/h6-7,10,13-14H,2-5,8-9,11-12H2,1H3. The highest BCUT2D eigenvalue weighted by molar-refractivity contribution is 9.10. The lowest BCUT2D eigenvalue weighted by Crippen LogP contribution is -2.41. The predicted molar refractivity (Wildman–Crippen MR) is 86.0 cm³/mol. The molecule has 1 aliphatic heterocycles. The summed E-state index contributed by atoms with van der Waals surface area (Å²) in [6.45, 7) is 3.58. The minimum absolute atomic E-state index is 0.946. The minimum atomic E-state index is 0.946. The molecule has 110 valence electrons. The Bertz CT molecular complexity index is 462. The van der Waals surface area contributed by atoms with Gasteiger partial charge in [-0.15, -0.1) is 0 Å². The van der Waals surface area contributed by atoms with E-state index in [0.717, 1.165) is 24.1 Å². The lowest BCUT2D eigenvalue weighted by Gasteiger charge is -2.41. The van der Waals surface area contributed by atoms with Crippen LogP contribution in [0, 0.1) is 11.8 Å². The molecule has 2 fully saturated rings. The normalized spacial score (nSPS) is 27.1. The van der Waals surface area contributed by atoms with Gasteiger partial charge in [0.25, 0.3) is 0 Å². The number of halogens is 1. The molecule has 20 heavy (non-hydrogen) atoms. The van der Waals surface area contributed by atoms with Gasteiger partial charge in [-0.2, -0.15) is 0 Å². The van der Waals surface area contributed by atoms with Crippen molar-refractivity contribution in [3.63, 3.8) is 0 Å². The molecule has 0 bridgehead atoms. The first-order chi connectivity index (χ1) is 9.76. The summed E-state index contributed by atoms with van der Waals surface area (Å²) in [5.41, 5.74) is 1.35. The molecule has 1 aliphatic carbocycles. The van der Waals surface area contributed by atoms with Crippen molar-refractivity contribution in [2.45, 2.75) is 38.6 Å². The van der Waals surface area contributed by atoms with Gasteiger partial charge >= 0.3 is 0 Å². The van der Waals surface area contributed by atoms with Crippen molar-refractivity contribution in [2.75, 3.05) is 20.2 Å². The summed E-state index contributed by atoms with van der Waals surface area (Å²) in [6.07, 6.45) is 7.22. The molecular weight excluding hydrogens is 314 g/mol. The number of nitrogens with zero attached hydrogens (tertiary/aromatic N) is 1. The second-order valence-electron chi connectivity index (χ2n) is 6.29. The third kappa shape index (κ3) is 3.20. The van der Waals surface area contributed by atoms with Gasteiger partial charge in [0.15, 0.2) is 0 Å². The van der Waals surface area contributed by atoms with E-state index in [1.54, 1.807) is 7.11 Å². The van der Waals surface area contributed by atoms with Crippen LogP contribution in [-0.4, -0.2) is 25.1 Å². The summed E-state index contributed by atoms with van der Waals surface area (Å²) in [5.74, 6) is 2.91. The van der Waals surface area contributed by atoms with Crippen molar-refractivity contribution in [1.82, 2.24) is 4.90 Å². The highest BCUT2D eigenvalue weighted by atomic mass is 79.9. The van der Waals surface area contributed by atoms with Gasteiger partial charge in [-0.25, -0.2) is 0 Å². The fourth-order valence-corrected chi connectivity index (χ4v) is 4.23. The molecular formula is C17H24BrNO. The maximum absolute atomic E-state index is 5.35. The van der Waals surface area contributed by atoms with E-state index < -0.39 is 0 Å². The van der Waals surface area contributed by atoms with E-state index in [9.17, 15) is 0 Å². The third-order valence-corrected chi connectivity index (χ3v) is 5.80. The molecule has 0 spiro atoms. The van der Waals surface area contributed by atoms with Gasteiger partial charge in [0.1, 0.15) is 5.75 Å². The Hall–Kier alpha value is -0.540. The summed E-state index contributed by atoms with van der Waals surface area (Å²) < 4.78 is 6.54. The van der Waals surface area contributed by atoms with Crippen molar-refractivity contribution < 1.29 is 4.74 Å². The highest BCUT2D eigenvalue weighted by Crippen LogP contribution is 2.37. The number of ether oxygens (including phenoxy) is 1. The fraction of sp³-hybridized carbons (Fsp3) is 0.647.